The fraction of sp³-hybridized carbons (Fsp3) is 0.391. The van der Waals surface area contributed by atoms with Crippen molar-refractivity contribution in [2.75, 3.05) is 13.1 Å². The van der Waals surface area contributed by atoms with Crippen LogP contribution in [0.1, 0.15) is 37.8 Å². The van der Waals surface area contributed by atoms with E-state index in [2.05, 4.69) is 0 Å². The number of carboxylic acid groups (broad SMARTS) is 1. The molecule has 0 aromatic heterocycles. The lowest BCUT2D eigenvalue weighted by Crippen LogP contribution is -2.52. The summed E-state index contributed by atoms with van der Waals surface area (Å²) < 4.78 is 0. The number of carbonyl (C=O) groups excluding carboxylic acids is 1. The van der Waals surface area contributed by atoms with Crippen molar-refractivity contribution in [1.29, 1.82) is 0 Å². The average molecular weight is 365 g/mol. The molecular weight excluding hydrogens is 338 g/mol. The summed E-state index contributed by atoms with van der Waals surface area (Å²) in [6.45, 7) is 4.88. The minimum atomic E-state index is -0.901. The standard InChI is InChI=1S/C23H27NO3/c1-22(2,17-18-9-5-3-6-10-18)20(25)24-15-13-23(14-16-24,21(26)27)19-11-7-4-8-12-19/h3-12H,13-17H2,1-2H3,(H,26,27). The normalized spacial score (nSPS) is 16.7. The highest BCUT2D eigenvalue weighted by Gasteiger charge is 2.45. The van der Waals surface area contributed by atoms with E-state index in [4.69, 9.17) is 0 Å². The first-order valence-corrected chi connectivity index (χ1v) is 9.47. The molecule has 2 aromatic carbocycles. The number of rotatable bonds is 5. The van der Waals surface area contributed by atoms with Crippen LogP contribution in [-0.2, 0) is 21.4 Å². The minimum absolute atomic E-state index is 0.0957. The smallest absolute Gasteiger partial charge is 0.314 e. The molecule has 0 unspecified atom stereocenters. The van der Waals surface area contributed by atoms with Crippen molar-refractivity contribution in [2.24, 2.45) is 5.41 Å². The van der Waals surface area contributed by atoms with Gasteiger partial charge in [-0.2, -0.15) is 0 Å². The first kappa shape index (κ1) is 19.2. The molecule has 1 N–H and O–H groups in total. The van der Waals surface area contributed by atoms with Gasteiger partial charge in [0, 0.05) is 18.5 Å². The molecule has 1 aliphatic heterocycles. The predicted octanol–water partition coefficient (Wildman–Crippen LogP) is 3.90. The maximum Gasteiger partial charge on any atom is 0.314 e. The Bertz CT molecular complexity index is 791. The molecule has 4 heteroatoms. The summed E-state index contributed by atoms with van der Waals surface area (Å²) in [7, 11) is 0. The number of piperidine rings is 1. The molecule has 0 spiro atoms. The summed E-state index contributed by atoms with van der Waals surface area (Å²) in [5.41, 5.74) is 0.545. The van der Waals surface area contributed by atoms with Crippen molar-refractivity contribution in [3.8, 4) is 0 Å². The first-order chi connectivity index (χ1) is 12.8. The lowest BCUT2D eigenvalue weighted by Gasteiger charge is -2.41. The molecular formula is C23H27NO3. The molecule has 142 valence electrons. The topological polar surface area (TPSA) is 57.6 Å². The summed E-state index contributed by atoms with van der Waals surface area (Å²) in [4.78, 5) is 27.0. The Morgan fingerprint density at radius 1 is 0.963 bits per heavy atom. The van der Waals surface area contributed by atoms with Crippen LogP contribution in [0.3, 0.4) is 0 Å². The zero-order valence-corrected chi connectivity index (χ0v) is 16.0. The highest BCUT2D eigenvalue weighted by Crippen LogP contribution is 2.37. The Kier molecular flexibility index (Phi) is 5.36. The molecule has 27 heavy (non-hydrogen) atoms. The van der Waals surface area contributed by atoms with Gasteiger partial charge >= 0.3 is 5.97 Å². The van der Waals surface area contributed by atoms with Gasteiger partial charge in [-0.15, -0.1) is 0 Å². The van der Waals surface area contributed by atoms with Gasteiger partial charge < -0.3 is 10.0 Å². The van der Waals surface area contributed by atoms with Crippen molar-refractivity contribution in [1.82, 2.24) is 4.90 Å². The molecule has 3 rings (SSSR count). The van der Waals surface area contributed by atoms with E-state index in [-0.39, 0.29) is 5.91 Å². The molecule has 1 amide bonds. The summed E-state index contributed by atoms with van der Waals surface area (Å²) in [6, 6.07) is 19.4. The Hall–Kier alpha value is -2.62. The predicted molar refractivity (Wildman–Crippen MR) is 105 cm³/mol. The molecule has 2 aromatic rings. The Morgan fingerprint density at radius 3 is 2.00 bits per heavy atom. The molecule has 0 atom stereocenters. The van der Waals surface area contributed by atoms with E-state index in [0.717, 1.165) is 11.1 Å². The lowest BCUT2D eigenvalue weighted by atomic mass is 9.72. The lowest BCUT2D eigenvalue weighted by molar-refractivity contribution is -0.150. The number of aliphatic carboxylic acids is 1. The number of hydrogen-bond donors (Lipinski definition) is 1. The number of benzene rings is 2. The highest BCUT2D eigenvalue weighted by molar-refractivity contribution is 5.84. The van der Waals surface area contributed by atoms with Crippen LogP contribution in [0.5, 0.6) is 0 Å². The third-order valence-electron chi connectivity index (χ3n) is 5.71. The molecule has 1 heterocycles. The second-order valence-corrected chi connectivity index (χ2v) is 8.09. The van der Waals surface area contributed by atoms with Crippen LogP contribution in [0.4, 0.5) is 0 Å². The fourth-order valence-corrected chi connectivity index (χ4v) is 4.08. The van der Waals surface area contributed by atoms with E-state index in [1.807, 2.05) is 79.4 Å². The molecule has 0 bridgehead atoms. The van der Waals surface area contributed by atoms with Crippen LogP contribution in [0, 0.1) is 5.41 Å². The number of nitrogens with zero attached hydrogens (tertiary/aromatic N) is 1. The van der Waals surface area contributed by atoms with Gasteiger partial charge in [-0.25, -0.2) is 0 Å². The number of carbonyl (C=O) groups is 2. The van der Waals surface area contributed by atoms with Crippen molar-refractivity contribution in [3.05, 3.63) is 71.8 Å². The van der Waals surface area contributed by atoms with Gasteiger partial charge in [0.2, 0.25) is 5.91 Å². The maximum absolute atomic E-state index is 13.1. The second kappa shape index (κ2) is 7.55. The number of likely N-dealkylation sites (tertiary alicyclic amines) is 1. The third-order valence-corrected chi connectivity index (χ3v) is 5.71. The van der Waals surface area contributed by atoms with E-state index >= 15 is 0 Å². The van der Waals surface area contributed by atoms with Crippen LogP contribution in [-0.4, -0.2) is 35.0 Å². The van der Waals surface area contributed by atoms with Gasteiger partial charge in [0.1, 0.15) is 0 Å². The molecule has 1 aliphatic rings. The van der Waals surface area contributed by atoms with E-state index in [1.165, 1.54) is 0 Å². The molecule has 0 aliphatic carbocycles. The number of amides is 1. The Labute approximate surface area is 160 Å². The third kappa shape index (κ3) is 3.90. The van der Waals surface area contributed by atoms with Crippen LogP contribution in [0.25, 0.3) is 0 Å². The van der Waals surface area contributed by atoms with Crippen LogP contribution >= 0.6 is 0 Å². The molecule has 0 saturated carbocycles. The minimum Gasteiger partial charge on any atom is -0.481 e. The van der Waals surface area contributed by atoms with Gasteiger partial charge in [0.15, 0.2) is 0 Å². The molecule has 1 saturated heterocycles. The zero-order valence-electron chi connectivity index (χ0n) is 16.0. The quantitative estimate of drug-likeness (QED) is 0.874. The fourth-order valence-electron chi connectivity index (χ4n) is 4.08. The van der Waals surface area contributed by atoms with Crippen LogP contribution < -0.4 is 0 Å². The van der Waals surface area contributed by atoms with E-state index in [1.54, 1.807) is 0 Å². The monoisotopic (exact) mass is 365 g/mol. The van der Waals surface area contributed by atoms with Crippen molar-refractivity contribution in [3.63, 3.8) is 0 Å². The average Bonchev–Trinajstić information content (AvgIpc) is 2.68. The molecule has 1 fully saturated rings. The largest absolute Gasteiger partial charge is 0.481 e. The summed E-state index contributed by atoms with van der Waals surface area (Å²) in [5.74, 6) is -0.706. The molecule has 0 radical (unpaired) electrons. The summed E-state index contributed by atoms with van der Waals surface area (Å²) in [5, 5.41) is 9.92. The van der Waals surface area contributed by atoms with Crippen LogP contribution in [0.2, 0.25) is 0 Å². The van der Waals surface area contributed by atoms with Crippen molar-refractivity contribution in [2.45, 2.75) is 38.5 Å². The van der Waals surface area contributed by atoms with Gasteiger partial charge in [-0.3, -0.25) is 9.59 Å². The van der Waals surface area contributed by atoms with Gasteiger partial charge in [-0.05, 0) is 30.4 Å². The molecule has 4 nitrogen and oxygen atoms in total. The van der Waals surface area contributed by atoms with Gasteiger partial charge in [0.05, 0.1) is 5.41 Å². The van der Waals surface area contributed by atoms with E-state index in [0.29, 0.717) is 32.4 Å². The highest BCUT2D eigenvalue weighted by atomic mass is 16.4. The van der Waals surface area contributed by atoms with Crippen molar-refractivity contribution < 1.29 is 14.7 Å². The van der Waals surface area contributed by atoms with Gasteiger partial charge in [-0.1, -0.05) is 74.5 Å². The maximum atomic E-state index is 13.1. The summed E-state index contributed by atoms with van der Waals surface area (Å²) in [6.07, 6.45) is 1.56. The first-order valence-electron chi connectivity index (χ1n) is 9.47. The second-order valence-electron chi connectivity index (χ2n) is 8.09. The van der Waals surface area contributed by atoms with E-state index < -0.39 is 16.8 Å². The van der Waals surface area contributed by atoms with Crippen LogP contribution in [0.15, 0.2) is 60.7 Å². The SMILES string of the molecule is CC(C)(Cc1ccccc1)C(=O)N1CCC(C(=O)O)(c2ccccc2)CC1. The summed E-state index contributed by atoms with van der Waals surface area (Å²) >= 11 is 0. The number of carboxylic acids is 1. The Morgan fingerprint density at radius 2 is 1.48 bits per heavy atom. The zero-order chi connectivity index (χ0) is 19.5. The number of hydrogen-bond acceptors (Lipinski definition) is 2. The van der Waals surface area contributed by atoms with E-state index in [9.17, 15) is 14.7 Å². The Balaban J connectivity index is 1.72. The van der Waals surface area contributed by atoms with Crippen molar-refractivity contribution >= 4 is 11.9 Å². The van der Waals surface area contributed by atoms with Gasteiger partial charge in [0.25, 0.3) is 0 Å².